The number of hydrogen-bond acceptors (Lipinski definition) is 3. The molecule has 2 aliphatic rings. The van der Waals surface area contributed by atoms with Crippen LogP contribution in [0.25, 0.3) is 0 Å². The molecule has 144 valence electrons. The summed E-state index contributed by atoms with van der Waals surface area (Å²) in [6, 6.07) is 10.6. The maximum atomic E-state index is 11.2. The molecule has 3 rings (SSSR count). The molecule has 0 unspecified atom stereocenters. The van der Waals surface area contributed by atoms with Gasteiger partial charge in [0.05, 0.1) is 38.9 Å². The molecule has 0 bridgehead atoms. The third kappa shape index (κ3) is 2.87. The van der Waals surface area contributed by atoms with Crippen molar-refractivity contribution >= 4 is 13.3 Å². The van der Waals surface area contributed by atoms with Gasteiger partial charge in [-0.15, -0.1) is 18.8 Å². The number of aliphatic hydroxyl groups is 2. The van der Waals surface area contributed by atoms with Gasteiger partial charge in [-0.05, 0) is 17.4 Å². The molecule has 0 radical (unpaired) electrons. The van der Waals surface area contributed by atoms with E-state index in [2.05, 4.69) is 56.1 Å². The lowest BCUT2D eigenvalue weighted by Crippen LogP contribution is -2.63. The number of hydrogen-bond donors (Lipinski definition) is 2. The Morgan fingerprint density at radius 2 is 1.93 bits per heavy atom. The van der Waals surface area contributed by atoms with Crippen LogP contribution in [-0.4, -0.2) is 43.7 Å². The number of rotatable bonds is 4. The summed E-state index contributed by atoms with van der Waals surface area (Å²) in [6.07, 6.45) is 11.5. The fraction of sp³-hybridized carbons (Fsp3) is 0.565. The van der Waals surface area contributed by atoms with Crippen molar-refractivity contribution in [2.45, 2.75) is 50.6 Å². The zero-order valence-corrected chi connectivity index (χ0v) is 17.5. The number of ether oxygens (including phenoxy) is 1. The van der Waals surface area contributed by atoms with E-state index >= 15 is 0 Å². The molecule has 1 saturated heterocycles. The molecular weight excluding hydrogens is 352 g/mol. The molecule has 2 N–H and O–H groups in total. The van der Waals surface area contributed by atoms with Crippen LogP contribution in [-0.2, 0) is 4.74 Å². The minimum atomic E-state index is -1.96. The minimum absolute atomic E-state index is 0.166. The summed E-state index contributed by atoms with van der Waals surface area (Å²) in [5.74, 6) is 5.31. The quantitative estimate of drug-likeness (QED) is 0.621. The fourth-order valence-corrected chi connectivity index (χ4v) is 10.1. The molecule has 6 atom stereocenters. The molecule has 1 aromatic carbocycles. The lowest BCUT2D eigenvalue weighted by molar-refractivity contribution is -0.0967. The minimum Gasteiger partial charge on any atom is -0.395 e. The van der Waals surface area contributed by atoms with Gasteiger partial charge < -0.3 is 14.9 Å². The average molecular weight is 383 g/mol. The van der Waals surface area contributed by atoms with E-state index < -0.39 is 19.6 Å². The first-order valence-electron chi connectivity index (χ1n) is 9.65. The molecule has 3 nitrogen and oxygen atoms in total. The van der Waals surface area contributed by atoms with E-state index in [4.69, 9.17) is 17.6 Å². The van der Waals surface area contributed by atoms with E-state index in [1.165, 1.54) is 5.19 Å². The highest BCUT2D eigenvalue weighted by Crippen LogP contribution is 2.64. The number of fused-ring (bicyclic) bond motifs is 1. The standard InChI is InChI=1S/C23H30O3Si/c1-6-11-18-21-22(3,16-26-18)20(14-19(25)23(21,7-2)15-24)27(4,5)17-12-9-8-10-13-17/h1-2,8-10,12-13,18-21,24-25H,11,14-16H2,3-5H3/t18-,19+,20+,21-,22+,23+/m0/s1. The molecule has 0 amide bonds. The van der Waals surface area contributed by atoms with Crippen LogP contribution in [0.1, 0.15) is 19.8 Å². The summed E-state index contributed by atoms with van der Waals surface area (Å²) in [5.41, 5.74) is -0.977. The van der Waals surface area contributed by atoms with Crippen LogP contribution < -0.4 is 5.19 Å². The molecule has 4 heteroatoms. The van der Waals surface area contributed by atoms with Gasteiger partial charge in [-0.1, -0.05) is 61.5 Å². The molecule has 0 aromatic heterocycles. The largest absolute Gasteiger partial charge is 0.395 e. The predicted molar refractivity (Wildman–Crippen MR) is 111 cm³/mol. The van der Waals surface area contributed by atoms with Crippen molar-refractivity contribution in [2.24, 2.45) is 16.7 Å². The Hall–Kier alpha value is -1.56. The Morgan fingerprint density at radius 3 is 2.48 bits per heavy atom. The van der Waals surface area contributed by atoms with Crippen molar-refractivity contribution in [1.82, 2.24) is 0 Å². The Labute approximate surface area is 164 Å². The third-order valence-electron chi connectivity index (χ3n) is 7.33. The van der Waals surface area contributed by atoms with Gasteiger partial charge in [0.15, 0.2) is 0 Å². The average Bonchev–Trinajstić information content (AvgIpc) is 3.01. The lowest BCUT2D eigenvalue weighted by atomic mass is 9.53. The van der Waals surface area contributed by atoms with Crippen molar-refractivity contribution in [3.8, 4) is 24.7 Å². The molecular formula is C23H30O3Si. The second-order valence-electron chi connectivity index (χ2n) is 8.98. The van der Waals surface area contributed by atoms with Crippen LogP contribution in [0.15, 0.2) is 30.3 Å². The molecule has 1 aliphatic heterocycles. The molecule has 0 spiro atoms. The maximum absolute atomic E-state index is 11.2. The van der Waals surface area contributed by atoms with Crippen molar-refractivity contribution in [3.63, 3.8) is 0 Å². The lowest BCUT2D eigenvalue weighted by Gasteiger charge is -2.57. The van der Waals surface area contributed by atoms with Gasteiger partial charge in [-0.25, -0.2) is 0 Å². The van der Waals surface area contributed by atoms with Crippen molar-refractivity contribution in [1.29, 1.82) is 0 Å². The zero-order chi connectivity index (χ0) is 19.9. The first-order valence-corrected chi connectivity index (χ1v) is 12.7. The summed E-state index contributed by atoms with van der Waals surface area (Å²) in [6.45, 7) is 7.25. The summed E-state index contributed by atoms with van der Waals surface area (Å²) < 4.78 is 6.17. The Balaban J connectivity index is 2.12. The van der Waals surface area contributed by atoms with Crippen LogP contribution in [0.5, 0.6) is 0 Å². The Kier molecular flexibility index (Phi) is 5.32. The van der Waals surface area contributed by atoms with Crippen LogP contribution in [0.3, 0.4) is 0 Å². The highest BCUT2D eigenvalue weighted by molar-refractivity contribution is 6.91. The van der Waals surface area contributed by atoms with Gasteiger partial charge >= 0.3 is 0 Å². The van der Waals surface area contributed by atoms with Crippen molar-refractivity contribution in [2.75, 3.05) is 13.2 Å². The molecule has 1 aromatic rings. The highest BCUT2D eigenvalue weighted by Gasteiger charge is 2.67. The van der Waals surface area contributed by atoms with Crippen LogP contribution >= 0.6 is 0 Å². The third-order valence-corrected chi connectivity index (χ3v) is 11.8. The normalized spacial score (nSPS) is 38.6. The molecule has 1 aliphatic carbocycles. The van der Waals surface area contributed by atoms with Gasteiger partial charge in [-0.3, -0.25) is 0 Å². The van der Waals surface area contributed by atoms with Crippen LogP contribution in [0, 0.1) is 41.4 Å². The summed E-state index contributed by atoms with van der Waals surface area (Å²) in [4.78, 5) is 0. The summed E-state index contributed by atoms with van der Waals surface area (Å²) in [7, 11) is -1.96. The predicted octanol–water partition coefficient (Wildman–Crippen LogP) is 2.39. The van der Waals surface area contributed by atoms with E-state index in [9.17, 15) is 10.2 Å². The van der Waals surface area contributed by atoms with E-state index in [0.717, 1.165) is 0 Å². The second kappa shape index (κ2) is 7.11. The number of terminal acetylenes is 2. The fourth-order valence-electron chi connectivity index (χ4n) is 5.96. The number of benzene rings is 1. The van der Waals surface area contributed by atoms with Crippen LogP contribution in [0.4, 0.5) is 0 Å². The maximum Gasteiger partial charge on any atom is 0.0859 e. The van der Waals surface area contributed by atoms with Crippen molar-refractivity contribution < 1.29 is 14.9 Å². The second-order valence-corrected chi connectivity index (χ2v) is 13.7. The van der Waals surface area contributed by atoms with Gasteiger partial charge in [0.2, 0.25) is 0 Å². The molecule has 1 heterocycles. The van der Waals surface area contributed by atoms with Crippen LogP contribution in [0.2, 0.25) is 18.6 Å². The number of aliphatic hydroxyl groups excluding tert-OH is 2. The van der Waals surface area contributed by atoms with Crippen molar-refractivity contribution in [3.05, 3.63) is 30.3 Å². The smallest absolute Gasteiger partial charge is 0.0859 e. The zero-order valence-electron chi connectivity index (χ0n) is 16.5. The summed E-state index contributed by atoms with van der Waals surface area (Å²) in [5, 5.41) is 22.8. The first-order chi connectivity index (χ1) is 12.8. The SMILES string of the molecule is C#CC[C@@H]1OC[C@]2(C)[C@H]([Si](C)(C)c3ccccc3)C[C@@H](O)[C@@](C#C)(CO)[C@@H]12. The highest BCUT2D eigenvalue weighted by atomic mass is 28.3. The molecule has 27 heavy (non-hydrogen) atoms. The first kappa shape index (κ1) is 20.2. The van der Waals surface area contributed by atoms with Gasteiger partial charge in [0.1, 0.15) is 0 Å². The van der Waals surface area contributed by atoms with E-state index in [0.29, 0.717) is 19.4 Å². The monoisotopic (exact) mass is 382 g/mol. The van der Waals surface area contributed by atoms with E-state index in [1.807, 2.05) is 6.07 Å². The topological polar surface area (TPSA) is 49.7 Å². The van der Waals surface area contributed by atoms with Gasteiger partial charge in [0, 0.05) is 12.3 Å². The summed E-state index contributed by atoms with van der Waals surface area (Å²) >= 11 is 0. The van der Waals surface area contributed by atoms with Gasteiger partial charge in [-0.2, -0.15) is 0 Å². The van der Waals surface area contributed by atoms with E-state index in [-0.39, 0.29) is 29.6 Å². The Bertz CT molecular complexity index is 762. The molecule has 2 fully saturated rings. The van der Waals surface area contributed by atoms with Gasteiger partial charge in [0.25, 0.3) is 0 Å². The Morgan fingerprint density at radius 1 is 1.26 bits per heavy atom. The molecule has 1 saturated carbocycles. The van der Waals surface area contributed by atoms with E-state index in [1.54, 1.807) is 0 Å².